The molecule has 126 valence electrons. The predicted molar refractivity (Wildman–Crippen MR) is 98.4 cm³/mol. The molecule has 1 heterocycles. The minimum absolute atomic E-state index is 0.0157. The van der Waals surface area contributed by atoms with Gasteiger partial charge in [-0.25, -0.2) is 13.1 Å². The highest BCUT2D eigenvalue weighted by molar-refractivity contribution is 7.89. The normalized spacial score (nSPS) is 19.3. The first-order valence-electron chi connectivity index (χ1n) is 8.15. The van der Waals surface area contributed by atoms with Crippen molar-refractivity contribution in [3.63, 3.8) is 0 Å². The molecule has 5 heteroatoms. The van der Waals surface area contributed by atoms with Crippen LogP contribution in [0.1, 0.15) is 18.9 Å². The molecule has 0 amide bonds. The third-order valence-corrected chi connectivity index (χ3v) is 5.60. The highest BCUT2D eigenvalue weighted by Gasteiger charge is 2.27. The second-order valence-electron chi connectivity index (χ2n) is 5.97. The lowest BCUT2D eigenvalue weighted by molar-refractivity contribution is 0.580. The molecule has 0 radical (unpaired) electrons. The summed E-state index contributed by atoms with van der Waals surface area (Å²) in [5, 5.41) is 0. The largest absolute Gasteiger partial charge is 0.336 e. The van der Waals surface area contributed by atoms with Gasteiger partial charge >= 0.3 is 0 Å². The standard InChI is InChI=1S/C19H22N2O2S/c1-3-12-20-24(22,23)19-11-10-15(2)14-18(19)21-13-6-8-16-7-4-5-9-17(16)21/h4-11,13-14,17,20H,3,12H2,1-2H3. The number of benzene rings is 1. The zero-order valence-electron chi connectivity index (χ0n) is 13.9. The maximum atomic E-state index is 12.7. The van der Waals surface area contributed by atoms with E-state index in [1.807, 2.05) is 55.3 Å². The van der Waals surface area contributed by atoms with Gasteiger partial charge in [0.25, 0.3) is 0 Å². The van der Waals surface area contributed by atoms with Crippen LogP contribution in [0.25, 0.3) is 0 Å². The average Bonchev–Trinajstić information content (AvgIpc) is 2.59. The second kappa shape index (κ2) is 6.79. The van der Waals surface area contributed by atoms with Crippen molar-refractivity contribution in [3.05, 3.63) is 72.0 Å². The molecule has 2 aliphatic rings. The lowest BCUT2D eigenvalue weighted by Gasteiger charge is -2.34. The van der Waals surface area contributed by atoms with Crippen molar-refractivity contribution in [1.82, 2.24) is 4.72 Å². The van der Waals surface area contributed by atoms with Crippen molar-refractivity contribution < 1.29 is 8.42 Å². The van der Waals surface area contributed by atoms with E-state index in [-0.39, 0.29) is 6.04 Å². The molecule has 3 rings (SSSR count). The summed E-state index contributed by atoms with van der Waals surface area (Å²) in [5.41, 5.74) is 2.87. The quantitative estimate of drug-likeness (QED) is 0.892. The SMILES string of the molecule is CCCNS(=O)(=O)c1ccc(C)cc1N1C=CC=C2C=CC=CC21. The van der Waals surface area contributed by atoms with Gasteiger partial charge in [0.2, 0.25) is 10.0 Å². The van der Waals surface area contributed by atoms with Gasteiger partial charge in [-0.1, -0.05) is 43.4 Å². The van der Waals surface area contributed by atoms with Crippen molar-refractivity contribution in [2.24, 2.45) is 0 Å². The van der Waals surface area contributed by atoms with Gasteiger partial charge < -0.3 is 4.90 Å². The zero-order valence-corrected chi connectivity index (χ0v) is 14.8. The fourth-order valence-corrected chi connectivity index (χ4v) is 4.21. The minimum atomic E-state index is -3.54. The summed E-state index contributed by atoms with van der Waals surface area (Å²) in [6.45, 7) is 4.35. The number of hydrogen-bond acceptors (Lipinski definition) is 3. The highest BCUT2D eigenvalue weighted by Crippen LogP contribution is 2.33. The van der Waals surface area contributed by atoms with Crippen molar-refractivity contribution in [2.75, 3.05) is 11.4 Å². The summed E-state index contributed by atoms with van der Waals surface area (Å²) in [6, 6.07) is 5.48. The van der Waals surface area contributed by atoms with Crippen LogP contribution in [0.5, 0.6) is 0 Å². The third kappa shape index (κ3) is 3.23. The van der Waals surface area contributed by atoms with Crippen molar-refractivity contribution in [3.8, 4) is 0 Å². The molecule has 0 spiro atoms. The third-order valence-electron chi connectivity index (χ3n) is 4.09. The highest BCUT2D eigenvalue weighted by atomic mass is 32.2. The average molecular weight is 342 g/mol. The molecular formula is C19H22N2O2S. The van der Waals surface area contributed by atoms with E-state index in [0.29, 0.717) is 17.1 Å². The van der Waals surface area contributed by atoms with Crippen LogP contribution < -0.4 is 9.62 Å². The number of sulfonamides is 1. The summed E-state index contributed by atoms with van der Waals surface area (Å²) in [5.74, 6) is 0. The Balaban J connectivity index is 2.06. The van der Waals surface area contributed by atoms with Crippen molar-refractivity contribution in [1.29, 1.82) is 0 Å². The molecule has 0 bridgehead atoms. The van der Waals surface area contributed by atoms with Gasteiger partial charge in [-0.15, -0.1) is 0 Å². The Kier molecular flexibility index (Phi) is 4.73. The Bertz CT molecular complexity index is 848. The monoisotopic (exact) mass is 342 g/mol. The topological polar surface area (TPSA) is 49.4 Å². The van der Waals surface area contributed by atoms with Crippen LogP contribution in [0.2, 0.25) is 0 Å². The number of allylic oxidation sites excluding steroid dienone is 4. The fourth-order valence-electron chi connectivity index (χ4n) is 2.89. The van der Waals surface area contributed by atoms with Gasteiger partial charge in [0.05, 0.1) is 11.7 Å². The van der Waals surface area contributed by atoms with E-state index in [9.17, 15) is 8.42 Å². The van der Waals surface area contributed by atoms with Crippen LogP contribution in [0.15, 0.2) is 71.3 Å². The molecular weight excluding hydrogens is 320 g/mol. The zero-order chi connectivity index (χ0) is 17.2. The maximum Gasteiger partial charge on any atom is 0.242 e. The van der Waals surface area contributed by atoms with Crippen LogP contribution >= 0.6 is 0 Å². The van der Waals surface area contributed by atoms with E-state index >= 15 is 0 Å². The Hall–Kier alpha value is -2.11. The van der Waals surface area contributed by atoms with E-state index < -0.39 is 10.0 Å². The number of hydrogen-bond donors (Lipinski definition) is 1. The van der Waals surface area contributed by atoms with Crippen LogP contribution in [0.4, 0.5) is 5.69 Å². The van der Waals surface area contributed by atoms with Crippen molar-refractivity contribution >= 4 is 15.7 Å². The molecule has 1 aliphatic carbocycles. The lowest BCUT2D eigenvalue weighted by atomic mass is 9.97. The van der Waals surface area contributed by atoms with E-state index in [1.54, 1.807) is 6.07 Å². The smallest absolute Gasteiger partial charge is 0.242 e. The Labute approximate surface area is 143 Å². The number of anilines is 1. The number of nitrogens with zero attached hydrogens (tertiary/aromatic N) is 1. The molecule has 1 aromatic rings. The minimum Gasteiger partial charge on any atom is -0.336 e. The first-order valence-corrected chi connectivity index (χ1v) is 9.63. The summed E-state index contributed by atoms with van der Waals surface area (Å²) in [7, 11) is -3.54. The van der Waals surface area contributed by atoms with E-state index in [1.165, 1.54) is 0 Å². The molecule has 1 N–H and O–H groups in total. The first kappa shape index (κ1) is 16.7. The van der Waals surface area contributed by atoms with Gasteiger partial charge in [0, 0.05) is 12.7 Å². The number of fused-ring (bicyclic) bond motifs is 1. The molecule has 0 aromatic heterocycles. The second-order valence-corrected chi connectivity index (χ2v) is 7.71. The summed E-state index contributed by atoms with van der Waals surface area (Å²) >= 11 is 0. The predicted octanol–water partition coefficient (Wildman–Crippen LogP) is 3.44. The van der Waals surface area contributed by atoms with Gasteiger partial charge in [0.15, 0.2) is 0 Å². The molecule has 1 aromatic carbocycles. The first-order chi connectivity index (χ1) is 11.5. The number of aryl methyl sites for hydroxylation is 1. The van der Waals surface area contributed by atoms with E-state index in [2.05, 4.69) is 23.0 Å². The molecule has 0 saturated heterocycles. The summed E-state index contributed by atoms with van der Waals surface area (Å²) < 4.78 is 28.1. The van der Waals surface area contributed by atoms with Crippen LogP contribution in [-0.2, 0) is 10.0 Å². The fraction of sp³-hybridized carbons (Fsp3) is 0.263. The Morgan fingerprint density at radius 2 is 2.04 bits per heavy atom. The molecule has 1 unspecified atom stereocenters. The molecule has 0 saturated carbocycles. The Morgan fingerprint density at radius 1 is 1.21 bits per heavy atom. The molecule has 1 aliphatic heterocycles. The van der Waals surface area contributed by atoms with E-state index in [0.717, 1.165) is 17.6 Å². The van der Waals surface area contributed by atoms with Gasteiger partial charge in [-0.3, -0.25) is 0 Å². The summed E-state index contributed by atoms with van der Waals surface area (Å²) in [6.07, 6.45) is 14.8. The lowest BCUT2D eigenvalue weighted by Crippen LogP contribution is -2.35. The molecule has 1 atom stereocenters. The van der Waals surface area contributed by atoms with Gasteiger partial charge in [0.1, 0.15) is 4.90 Å². The van der Waals surface area contributed by atoms with Crippen molar-refractivity contribution in [2.45, 2.75) is 31.2 Å². The number of nitrogens with one attached hydrogen (secondary N) is 1. The van der Waals surface area contributed by atoms with Gasteiger partial charge in [-0.2, -0.15) is 0 Å². The van der Waals surface area contributed by atoms with Gasteiger partial charge in [-0.05, 0) is 42.7 Å². The molecule has 0 fully saturated rings. The molecule has 24 heavy (non-hydrogen) atoms. The number of rotatable bonds is 5. The van der Waals surface area contributed by atoms with Crippen LogP contribution in [0, 0.1) is 6.92 Å². The summed E-state index contributed by atoms with van der Waals surface area (Å²) in [4.78, 5) is 2.33. The molecule has 4 nitrogen and oxygen atoms in total. The maximum absolute atomic E-state index is 12.7. The van der Waals surface area contributed by atoms with Crippen LogP contribution in [0.3, 0.4) is 0 Å². The van der Waals surface area contributed by atoms with Crippen LogP contribution in [-0.4, -0.2) is 21.0 Å². The van der Waals surface area contributed by atoms with E-state index in [4.69, 9.17) is 0 Å². The Morgan fingerprint density at radius 3 is 2.83 bits per heavy atom.